The largest absolute Gasteiger partial charge is 0.245 e. The fourth-order valence-electron chi connectivity index (χ4n) is 1.16. The minimum atomic E-state index is 1.05. The second kappa shape index (κ2) is 4.20. The molecule has 0 aliphatic carbocycles. The lowest BCUT2D eigenvalue weighted by molar-refractivity contribution is 1.40. The molecule has 2 rings (SSSR count). The van der Waals surface area contributed by atoms with Gasteiger partial charge in [-0.1, -0.05) is 35.9 Å². The number of hydrogen-bond donors (Lipinski definition) is 0. The van der Waals surface area contributed by atoms with Crippen LogP contribution in [0.15, 0.2) is 35.8 Å². The van der Waals surface area contributed by atoms with Crippen LogP contribution >= 0.6 is 11.3 Å². The first kappa shape index (κ1) is 9.16. The standard InChI is InChI=1S/C12H11NS/c1-10-2-4-11(5-3-10)6-7-12-13-8-9-14-12/h2-9H,1H3. The number of aromatic nitrogens is 1. The van der Waals surface area contributed by atoms with Crippen LogP contribution in [0.3, 0.4) is 0 Å². The number of benzene rings is 1. The normalized spacial score (nSPS) is 10.9. The van der Waals surface area contributed by atoms with Crippen molar-refractivity contribution in [3.8, 4) is 0 Å². The molecule has 0 atom stereocenters. The average molecular weight is 201 g/mol. The highest BCUT2D eigenvalue weighted by atomic mass is 32.1. The highest BCUT2D eigenvalue weighted by Gasteiger charge is 1.89. The molecule has 0 fully saturated rings. The van der Waals surface area contributed by atoms with Gasteiger partial charge in [0.05, 0.1) is 0 Å². The van der Waals surface area contributed by atoms with Crippen molar-refractivity contribution in [1.29, 1.82) is 0 Å². The Labute approximate surface area is 87.8 Å². The lowest BCUT2D eigenvalue weighted by Gasteiger charge is -1.93. The van der Waals surface area contributed by atoms with E-state index in [1.807, 2.05) is 17.7 Å². The molecular formula is C12H11NS. The number of thiazole rings is 1. The van der Waals surface area contributed by atoms with Crippen LogP contribution in [0.5, 0.6) is 0 Å². The lowest BCUT2D eigenvalue weighted by atomic mass is 10.1. The smallest absolute Gasteiger partial charge is 0.116 e. The summed E-state index contributed by atoms with van der Waals surface area (Å²) in [5.41, 5.74) is 2.50. The molecule has 0 aliphatic heterocycles. The van der Waals surface area contributed by atoms with Gasteiger partial charge in [-0.3, -0.25) is 0 Å². The summed E-state index contributed by atoms with van der Waals surface area (Å²) in [6.45, 7) is 2.09. The number of nitrogens with zero attached hydrogens (tertiary/aromatic N) is 1. The van der Waals surface area contributed by atoms with Crippen molar-refractivity contribution >= 4 is 23.5 Å². The van der Waals surface area contributed by atoms with Gasteiger partial charge in [0.2, 0.25) is 0 Å². The molecule has 0 unspecified atom stereocenters. The number of rotatable bonds is 2. The predicted octanol–water partition coefficient (Wildman–Crippen LogP) is 3.62. The maximum atomic E-state index is 4.18. The molecule has 0 spiro atoms. The van der Waals surface area contributed by atoms with Gasteiger partial charge in [-0.15, -0.1) is 11.3 Å². The predicted molar refractivity (Wildman–Crippen MR) is 62.2 cm³/mol. The van der Waals surface area contributed by atoms with Crippen LogP contribution in [-0.2, 0) is 0 Å². The van der Waals surface area contributed by atoms with E-state index in [2.05, 4.69) is 42.2 Å². The minimum Gasteiger partial charge on any atom is -0.245 e. The molecule has 0 aliphatic rings. The van der Waals surface area contributed by atoms with Crippen LogP contribution in [0.4, 0.5) is 0 Å². The van der Waals surface area contributed by atoms with Crippen molar-refractivity contribution in [2.45, 2.75) is 6.92 Å². The Balaban J connectivity index is 2.15. The Morgan fingerprint density at radius 2 is 1.93 bits per heavy atom. The summed E-state index contributed by atoms with van der Waals surface area (Å²) in [6.07, 6.45) is 5.94. The fourth-order valence-corrected chi connectivity index (χ4v) is 1.69. The van der Waals surface area contributed by atoms with E-state index in [1.54, 1.807) is 11.3 Å². The highest BCUT2D eigenvalue weighted by Crippen LogP contribution is 2.10. The van der Waals surface area contributed by atoms with Crippen molar-refractivity contribution in [2.24, 2.45) is 0 Å². The van der Waals surface area contributed by atoms with Gasteiger partial charge in [-0.2, -0.15) is 0 Å². The summed E-state index contributed by atoms with van der Waals surface area (Å²) in [5.74, 6) is 0. The summed E-state index contributed by atoms with van der Waals surface area (Å²) in [4.78, 5) is 4.18. The van der Waals surface area contributed by atoms with E-state index in [-0.39, 0.29) is 0 Å². The first-order valence-electron chi connectivity index (χ1n) is 4.49. The van der Waals surface area contributed by atoms with Crippen LogP contribution in [0.2, 0.25) is 0 Å². The molecule has 0 N–H and O–H groups in total. The Morgan fingerprint density at radius 1 is 1.14 bits per heavy atom. The molecule has 14 heavy (non-hydrogen) atoms. The molecule has 0 radical (unpaired) electrons. The lowest BCUT2D eigenvalue weighted by Crippen LogP contribution is -1.73. The van der Waals surface area contributed by atoms with E-state index < -0.39 is 0 Å². The van der Waals surface area contributed by atoms with Gasteiger partial charge < -0.3 is 0 Å². The van der Waals surface area contributed by atoms with E-state index in [1.165, 1.54) is 11.1 Å². The summed E-state index contributed by atoms with van der Waals surface area (Å²) in [6, 6.07) is 8.45. The zero-order valence-corrected chi connectivity index (χ0v) is 8.79. The van der Waals surface area contributed by atoms with Crippen LogP contribution in [0, 0.1) is 6.92 Å². The number of hydrogen-bond acceptors (Lipinski definition) is 2. The van der Waals surface area contributed by atoms with Gasteiger partial charge >= 0.3 is 0 Å². The SMILES string of the molecule is Cc1ccc(C=Cc2nccs2)cc1. The molecule has 0 bridgehead atoms. The molecule has 1 aromatic carbocycles. The van der Waals surface area contributed by atoms with Crippen molar-refractivity contribution < 1.29 is 0 Å². The molecule has 70 valence electrons. The molecular weight excluding hydrogens is 190 g/mol. The minimum absolute atomic E-state index is 1.05. The summed E-state index contributed by atoms with van der Waals surface area (Å²) in [5, 5.41) is 3.03. The Bertz CT molecular complexity index is 412. The molecule has 0 amide bonds. The van der Waals surface area contributed by atoms with Crippen molar-refractivity contribution in [1.82, 2.24) is 4.98 Å². The van der Waals surface area contributed by atoms with E-state index >= 15 is 0 Å². The third-order valence-corrected chi connectivity index (χ3v) is 2.69. The topological polar surface area (TPSA) is 12.9 Å². The monoisotopic (exact) mass is 201 g/mol. The first-order valence-corrected chi connectivity index (χ1v) is 5.37. The second-order valence-corrected chi connectivity index (χ2v) is 4.04. The van der Waals surface area contributed by atoms with Gasteiger partial charge in [0.25, 0.3) is 0 Å². The van der Waals surface area contributed by atoms with Gasteiger partial charge in [-0.25, -0.2) is 4.98 Å². The van der Waals surface area contributed by atoms with Crippen LogP contribution in [0.25, 0.3) is 12.2 Å². The van der Waals surface area contributed by atoms with Gasteiger partial charge in [0.1, 0.15) is 5.01 Å². The number of aryl methyl sites for hydroxylation is 1. The zero-order valence-electron chi connectivity index (χ0n) is 7.97. The van der Waals surface area contributed by atoms with Gasteiger partial charge in [-0.05, 0) is 18.6 Å². The maximum Gasteiger partial charge on any atom is 0.116 e. The maximum absolute atomic E-state index is 4.18. The fraction of sp³-hybridized carbons (Fsp3) is 0.0833. The van der Waals surface area contributed by atoms with E-state index in [0.717, 1.165) is 5.01 Å². The Hall–Kier alpha value is -1.41. The third-order valence-electron chi connectivity index (χ3n) is 1.95. The van der Waals surface area contributed by atoms with Crippen molar-refractivity contribution in [3.05, 3.63) is 52.0 Å². The van der Waals surface area contributed by atoms with E-state index in [0.29, 0.717) is 0 Å². The molecule has 0 saturated heterocycles. The quantitative estimate of drug-likeness (QED) is 0.723. The summed E-state index contributed by atoms with van der Waals surface area (Å²) >= 11 is 1.65. The summed E-state index contributed by atoms with van der Waals surface area (Å²) in [7, 11) is 0. The molecule has 1 aromatic heterocycles. The Morgan fingerprint density at radius 3 is 2.57 bits per heavy atom. The van der Waals surface area contributed by atoms with Crippen LogP contribution in [-0.4, -0.2) is 4.98 Å². The van der Waals surface area contributed by atoms with E-state index in [9.17, 15) is 0 Å². The van der Waals surface area contributed by atoms with Crippen molar-refractivity contribution in [2.75, 3.05) is 0 Å². The molecule has 0 saturated carbocycles. The van der Waals surface area contributed by atoms with Gasteiger partial charge in [0, 0.05) is 11.6 Å². The van der Waals surface area contributed by atoms with E-state index in [4.69, 9.17) is 0 Å². The van der Waals surface area contributed by atoms with Crippen LogP contribution in [0.1, 0.15) is 16.1 Å². The Kier molecular flexibility index (Phi) is 2.75. The second-order valence-electron chi connectivity index (χ2n) is 3.11. The average Bonchev–Trinajstić information content (AvgIpc) is 2.70. The first-order chi connectivity index (χ1) is 6.84. The molecule has 1 nitrogen and oxygen atoms in total. The van der Waals surface area contributed by atoms with Crippen molar-refractivity contribution in [3.63, 3.8) is 0 Å². The summed E-state index contributed by atoms with van der Waals surface area (Å²) < 4.78 is 0. The van der Waals surface area contributed by atoms with Gasteiger partial charge in [0.15, 0.2) is 0 Å². The van der Waals surface area contributed by atoms with Crippen LogP contribution < -0.4 is 0 Å². The molecule has 1 heterocycles. The molecule has 2 aromatic rings. The zero-order chi connectivity index (χ0) is 9.80. The highest BCUT2D eigenvalue weighted by molar-refractivity contribution is 7.10. The molecule has 2 heteroatoms. The third kappa shape index (κ3) is 2.30.